The molecule has 2 aliphatic rings. The second-order valence-corrected chi connectivity index (χ2v) is 6.95. The highest BCUT2D eigenvalue weighted by molar-refractivity contribution is 5.40. The lowest BCUT2D eigenvalue weighted by Crippen LogP contribution is -2.46. The van der Waals surface area contributed by atoms with Crippen LogP contribution in [0.25, 0.3) is 0 Å². The van der Waals surface area contributed by atoms with Gasteiger partial charge < -0.3 is 5.11 Å². The summed E-state index contributed by atoms with van der Waals surface area (Å²) in [6.07, 6.45) is 4.90. The molecule has 0 spiro atoms. The van der Waals surface area contributed by atoms with Crippen molar-refractivity contribution in [3.63, 3.8) is 0 Å². The van der Waals surface area contributed by atoms with Crippen LogP contribution in [-0.4, -0.2) is 22.6 Å². The molecule has 0 aromatic heterocycles. The lowest BCUT2D eigenvalue weighted by molar-refractivity contribution is 0.104. The molecule has 0 bridgehead atoms. The maximum atomic E-state index is 9.63. The molecule has 0 unspecified atom stereocenters. The Bertz CT molecular complexity index is 667. The highest BCUT2D eigenvalue weighted by atomic mass is 16.3. The first-order valence-electron chi connectivity index (χ1n) is 8.86. The van der Waals surface area contributed by atoms with Gasteiger partial charge >= 0.3 is 0 Å². The Kier molecular flexibility index (Phi) is 4.19. The maximum absolute atomic E-state index is 9.63. The summed E-state index contributed by atoms with van der Waals surface area (Å²) in [5.41, 5.74) is 5.49. The van der Waals surface area contributed by atoms with E-state index in [1.807, 2.05) is 0 Å². The molecule has 4 rings (SSSR count). The van der Waals surface area contributed by atoms with Crippen molar-refractivity contribution < 1.29 is 5.11 Å². The van der Waals surface area contributed by atoms with Crippen molar-refractivity contribution >= 4 is 0 Å². The topological polar surface area (TPSA) is 23.5 Å². The third kappa shape index (κ3) is 2.82. The summed E-state index contributed by atoms with van der Waals surface area (Å²) in [5, 5.41) is 9.63. The van der Waals surface area contributed by atoms with Crippen LogP contribution in [-0.2, 0) is 19.6 Å². The summed E-state index contributed by atoms with van der Waals surface area (Å²) >= 11 is 0. The van der Waals surface area contributed by atoms with Gasteiger partial charge in [0.05, 0.1) is 6.61 Å². The molecule has 23 heavy (non-hydrogen) atoms. The number of likely N-dealkylation sites (tertiary alicyclic amines) is 1. The summed E-state index contributed by atoms with van der Waals surface area (Å²) in [7, 11) is 0. The first-order chi connectivity index (χ1) is 11.4. The van der Waals surface area contributed by atoms with Crippen LogP contribution in [0, 0.1) is 0 Å². The Hall–Kier alpha value is -1.64. The minimum absolute atomic E-state index is 0.175. The van der Waals surface area contributed by atoms with E-state index in [1.54, 1.807) is 0 Å². The summed E-state index contributed by atoms with van der Waals surface area (Å²) < 4.78 is 0. The van der Waals surface area contributed by atoms with Crippen molar-refractivity contribution in [2.24, 2.45) is 0 Å². The van der Waals surface area contributed by atoms with E-state index < -0.39 is 0 Å². The van der Waals surface area contributed by atoms with Gasteiger partial charge in [-0.3, -0.25) is 4.90 Å². The fourth-order valence-electron chi connectivity index (χ4n) is 4.63. The predicted octanol–water partition coefficient (Wildman–Crippen LogP) is 3.87. The molecule has 1 aliphatic carbocycles. The zero-order valence-corrected chi connectivity index (χ0v) is 13.6. The third-order valence-corrected chi connectivity index (χ3v) is 5.69. The van der Waals surface area contributed by atoms with Gasteiger partial charge in [-0.2, -0.15) is 0 Å². The van der Waals surface area contributed by atoms with E-state index in [2.05, 4.69) is 53.4 Å². The molecule has 120 valence electrons. The van der Waals surface area contributed by atoms with Crippen molar-refractivity contribution in [2.45, 2.75) is 50.8 Å². The van der Waals surface area contributed by atoms with Crippen LogP contribution in [0.3, 0.4) is 0 Å². The average Bonchev–Trinajstić information content (AvgIpc) is 2.62. The van der Waals surface area contributed by atoms with Gasteiger partial charge in [0.1, 0.15) is 0 Å². The summed E-state index contributed by atoms with van der Waals surface area (Å²) in [5.74, 6) is 0.641. The smallest absolute Gasteiger partial charge is 0.0684 e. The molecular weight excluding hydrogens is 282 g/mol. The third-order valence-electron chi connectivity index (χ3n) is 5.69. The number of piperidine rings is 1. The van der Waals surface area contributed by atoms with E-state index in [0.717, 1.165) is 18.5 Å². The van der Waals surface area contributed by atoms with Gasteiger partial charge in [0, 0.05) is 12.6 Å². The zero-order valence-electron chi connectivity index (χ0n) is 13.6. The van der Waals surface area contributed by atoms with Crippen LogP contribution in [0.4, 0.5) is 0 Å². The van der Waals surface area contributed by atoms with Gasteiger partial charge in [-0.05, 0) is 60.4 Å². The van der Waals surface area contributed by atoms with Gasteiger partial charge in [0.15, 0.2) is 0 Å². The number of aliphatic hydroxyl groups excluding tert-OH is 1. The van der Waals surface area contributed by atoms with Gasteiger partial charge in [0.2, 0.25) is 0 Å². The molecule has 2 nitrogen and oxygen atoms in total. The SMILES string of the molecule is OCc1cccc2c1CC[C@H]1[C@@H]2CCCN1Cc1ccccc1. The number of hydrogen-bond acceptors (Lipinski definition) is 2. The van der Waals surface area contributed by atoms with Crippen LogP contribution in [0.1, 0.15) is 47.4 Å². The van der Waals surface area contributed by atoms with Crippen LogP contribution in [0.2, 0.25) is 0 Å². The summed E-state index contributed by atoms with van der Waals surface area (Å²) in [4.78, 5) is 2.69. The Balaban J connectivity index is 1.61. The van der Waals surface area contributed by atoms with Crippen molar-refractivity contribution in [1.82, 2.24) is 4.90 Å². The van der Waals surface area contributed by atoms with Crippen LogP contribution < -0.4 is 0 Å². The maximum Gasteiger partial charge on any atom is 0.0684 e. The minimum atomic E-state index is 0.175. The Morgan fingerprint density at radius 1 is 1.00 bits per heavy atom. The molecule has 1 saturated heterocycles. The molecule has 1 heterocycles. The van der Waals surface area contributed by atoms with Gasteiger partial charge in [-0.25, -0.2) is 0 Å². The molecule has 1 fully saturated rings. The number of aliphatic hydroxyl groups is 1. The Morgan fingerprint density at radius 3 is 2.70 bits per heavy atom. The Morgan fingerprint density at radius 2 is 1.87 bits per heavy atom. The fourth-order valence-corrected chi connectivity index (χ4v) is 4.63. The van der Waals surface area contributed by atoms with E-state index in [0.29, 0.717) is 12.0 Å². The minimum Gasteiger partial charge on any atom is -0.392 e. The zero-order chi connectivity index (χ0) is 15.6. The molecule has 0 amide bonds. The van der Waals surface area contributed by atoms with E-state index in [-0.39, 0.29) is 6.61 Å². The number of rotatable bonds is 3. The molecule has 2 atom stereocenters. The molecule has 2 aromatic carbocycles. The first-order valence-corrected chi connectivity index (χ1v) is 8.86. The summed E-state index contributed by atoms with van der Waals surface area (Å²) in [6.45, 7) is 2.45. The second kappa shape index (κ2) is 6.46. The highest BCUT2D eigenvalue weighted by Crippen LogP contribution is 2.42. The highest BCUT2D eigenvalue weighted by Gasteiger charge is 2.36. The molecule has 0 saturated carbocycles. The number of benzene rings is 2. The molecule has 2 heteroatoms. The van der Waals surface area contributed by atoms with Crippen LogP contribution in [0.15, 0.2) is 48.5 Å². The largest absolute Gasteiger partial charge is 0.392 e. The molecular formula is C21H25NO. The monoisotopic (exact) mass is 307 g/mol. The lowest BCUT2D eigenvalue weighted by Gasteiger charge is -2.45. The fraction of sp³-hybridized carbons (Fsp3) is 0.429. The molecule has 0 radical (unpaired) electrons. The standard InChI is InChI=1S/C21H25NO/c23-15-17-8-4-9-19-18(17)11-12-21-20(19)10-5-13-22(21)14-16-6-2-1-3-7-16/h1-4,6-9,20-21,23H,5,10-15H2/t20-,21+/m1/s1. The second-order valence-electron chi connectivity index (χ2n) is 6.95. The quantitative estimate of drug-likeness (QED) is 0.930. The van der Waals surface area contributed by atoms with E-state index in [1.165, 1.54) is 42.5 Å². The van der Waals surface area contributed by atoms with Crippen LogP contribution >= 0.6 is 0 Å². The summed E-state index contributed by atoms with van der Waals surface area (Å²) in [6, 6.07) is 18.0. The lowest BCUT2D eigenvalue weighted by atomic mass is 9.73. The van der Waals surface area contributed by atoms with Gasteiger partial charge in [-0.1, -0.05) is 48.5 Å². The predicted molar refractivity (Wildman–Crippen MR) is 93.3 cm³/mol. The van der Waals surface area contributed by atoms with E-state index in [4.69, 9.17) is 0 Å². The molecule has 2 aromatic rings. The van der Waals surface area contributed by atoms with Gasteiger partial charge in [-0.15, -0.1) is 0 Å². The van der Waals surface area contributed by atoms with Crippen molar-refractivity contribution in [3.8, 4) is 0 Å². The van der Waals surface area contributed by atoms with E-state index >= 15 is 0 Å². The first kappa shape index (κ1) is 14.9. The normalized spacial score (nSPS) is 24.0. The number of nitrogens with zero attached hydrogens (tertiary/aromatic N) is 1. The Labute approximate surface area is 138 Å². The number of fused-ring (bicyclic) bond motifs is 3. The van der Waals surface area contributed by atoms with Crippen LogP contribution in [0.5, 0.6) is 0 Å². The average molecular weight is 307 g/mol. The van der Waals surface area contributed by atoms with Crippen molar-refractivity contribution in [3.05, 3.63) is 70.8 Å². The van der Waals surface area contributed by atoms with Gasteiger partial charge in [0.25, 0.3) is 0 Å². The molecule has 1 aliphatic heterocycles. The van der Waals surface area contributed by atoms with Crippen molar-refractivity contribution in [1.29, 1.82) is 0 Å². The van der Waals surface area contributed by atoms with E-state index in [9.17, 15) is 5.11 Å². The molecule has 1 N–H and O–H groups in total. The van der Waals surface area contributed by atoms with Crippen molar-refractivity contribution in [2.75, 3.05) is 6.54 Å². The number of hydrogen-bond donors (Lipinski definition) is 1.